The van der Waals surface area contributed by atoms with Crippen molar-refractivity contribution in [2.75, 3.05) is 6.61 Å². The molecule has 2 N–H and O–H groups in total. The Balaban J connectivity index is 1.91. The van der Waals surface area contributed by atoms with E-state index in [1.54, 1.807) is 32.9 Å². The highest BCUT2D eigenvalue weighted by Crippen LogP contribution is 2.17. The number of imide groups is 1. The second-order valence-electron chi connectivity index (χ2n) is 7.33. The molecule has 7 heteroatoms. The van der Waals surface area contributed by atoms with Crippen molar-refractivity contribution in [2.45, 2.75) is 40.2 Å². The van der Waals surface area contributed by atoms with Crippen molar-refractivity contribution in [3.63, 3.8) is 0 Å². The number of amides is 3. The summed E-state index contributed by atoms with van der Waals surface area (Å²) >= 11 is 0. The SMILES string of the molecule is Cc1ccc(C)n1-c1ccc(C(=O)OCC(=O)NC(=O)NC(C)(C)C)cc1. The molecule has 0 unspecified atom stereocenters. The number of rotatable bonds is 4. The molecule has 0 spiro atoms. The highest BCUT2D eigenvalue weighted by Gasteiger charge is 2.17. The molecule has 1 aromatic heterocycles. The van der Waals surface area contributed by atoms with Gasteiger partial charge in [0.1, 0.15) is 0 Å². The topological polar surface area (TPSA) is 89.4 Å². The monoisotopic (exact) mass is 371 g/mol. The molecule has 0 radical (unpaired) electrons. The molecular formula is C20H25N3O4. The van der Waals surface area contributed by atoms with E-state index >= 15 is 0 Å². The van der Waals surface area contributed by atoms with Crippen molar-refractivity contribution in [2.24, 2.45) is 0 Å². The van der Waals surface area contributed by atoms with Crippen LogP contribution in [0.15, 0.2) is 36.4 Å². The zero-order chi connectivity index (χ0) is 20.2. The Morgan fingerprint density at radius 2 is 1.52 bits per heavy atom. The molecule has 0 aliphatic heterocycles. The summed E-state index contributed by atoms with van der Waals surface area (Å²) in [6, 6.07) is 10.3. The third-order valence-corrected chi connectivity index (χ3v) is 3.71. The minimum atomic E-state index is -0.694. The molecule has 2 rings (SSSR count). The number of benzene rings is 1. The van der Waals surface area contributed by atoms with E-state index in [-0.39, 0.29) is 0 Å². The summed E-state index contributed by atoms with van der Waals surface area (Å²) in [5, 5.41) is 4.70. The first kappa shape index (κ1) is 20.2. The van der Waals surface area contributed by atoms with Crippen LogP contribution >= 0.6 is 0 Å². The average molecular weight is 371 g/mol. The van der Waals surface area contributed by atoms with E-state index in [1.807, 2.05) is 38.1 Å². The van der Waals surface area contributed by atoms with Crippen molar-refractivity contribution in [1.29, 1.82) is 0 Å². The summed E-state index contributed by atoms with van der Waals surface area (Å²) in [5.41, 5.74) is 2.97. The Labute approximate surface area is 158 Å². The number of aromatic nitrogens is 1. The molecule has 27 heavy (non-hydrogen) atoms. The molecule has 2 aromatic rings. The Kier molecular flexibility index (Phi) is 6.05. The molecule has 7 nitrogen and oxygen atoms in total. The Morgan fingerprint density at radius 1 is 0.963 bits per heavy atom. The number of carbonyl (C=O) groups is 3. The van der Waals surface area contributed by atoms with E-state index < -0.39 is 30.1 Å². The zero-order valence-electron chi connectivity index (χ0n) is 16.3. The van der Waals surface area contributed by atoms with Crippen molar-refractivity contribution in [1.82, 2.24) is 15.2 Å². The molecule has 1 aromatic carbocycles. The molecule has 0 saturated heterocycles. The minimum absolute atomic E-state index is 0.327. The molecule has 0 aliphatic carbocycles. The fraction of sp³-hybridized carbons (Fsp3) is 0.350. The number of esters is 1. The lowest BCUT2D eigenvalue weighted by molar-refractivity contribution is -0.123. The lowest BCUT2D eigenvalue weighted by Crippen LogP contribution is -2.49. The number of nitrogens with zero attached hydrogens (tertiary/aromatic N) is 1. The van der Waals surface area contributed by atoms with Gasteiger partial charge in [-0.25, -0.2) is 9.59 Å². The van der Waals surface area contributed by atoms with Crippen molar-refractivity contribution in [3.05, 3.63) is 53.3 Å². The maximum Gasteiger partial charge on any atom is 0.338 e. The number of carbonyl (C=O) groups excluding carboxylic acids is 3. The largest absolute Gasteiger partial charge is 0.452 e. The normalized spacial score (nSPS) is 11.0. The van der Waals surface area contributed by atoms with Gasteiger partial charge in [0.2, 0.25) is 0 Å². The summed E-state index contributed by atoms with van der Waals surface area (Å²) in [7, 11) is 0. The Morgan fingerprint density at radius 3 is 2.04 bits per heavy atom. The van der Waals surface area contributed by atoms with Crippen LogP contribution < -0.4 is 10.6 Å². The average Bonchev–Trinajstić information content (AvgIpc) is 2.89. The Hall–Kier alpha value is -3.09. The van der Waals surface area contributed by atoms with Gasteiger partial charge in [-0.05, 0) is 71.0 Å². The van der Waals surface area contributed by atoms with E-state index in [0.29, 0.717) is 5.56 Å². The van der Waals surface area contributed by atoms with Gasteiger partial charge in [0.15, 0.2) is 6.61 Å². The molecule has 144 valence electrons. The zero-order valence-corrected chi connectivity index (χ0v) is 16.3. The maximum absolute atomic E-state index is 12.1. The molecule has 0 atom stereocenters. The van der Waals surface area contributed by atoms with Crippen LogP contribution in [0.3, 0.4) is 0 Å². The van der Waals surface area contributed by atoms with Crippen LogP contribution in [0.2, 0.25) is 0 Å². The number of hydrogen-bond donors (Lipinski definition) is 2. The van der Waals surface area contributed by atoms with Crippen LogP contribution in [0.4, 0.5) is 4.79 Å². The van der Waals surface area contributed by atoms with Crippen LogP contribution in [0.5, 0.6) is 0 Å². The predicted molar refractivity (Wildman–Crippen MR) is 102 cm³/mol. The lowest BCUT2D eigenvalue weighted by atomic mass is 10.1. The van der Waals surface area contributed by atoms with Crippen LogP contribution in [0, 0.1) is 13.8 Å². The van der Waals surface area contributed by atoms with Crippen LogP contribution in [0.25, 0.3) is 5.69 Å². The lowest BCUT2D eigenvalue weighted by Gasteiger charge is -2.20. The van der Waals surface area contributed by atoms with E-state index in [1.165, 1.54) is 0 Å². The highest BCUT2D eigenvalue weighted by atomic mass is 16.5. The van der Waals surface area contributed by atoms with Crippen LogP contribution in [0.1, 0.15) is 42.5 Å². The fourth-order valence-corrected chi connectivity index (χ4v) is 2.57. The van der Waals surface area contributed by atoms with Gasteiger partial charge in [0.05, 0.1) is 5.56 Å². The maximum atomic E-state index is 12.1. The minimum Gasteiger partial charge on any atom is -0.452 e. The van der Waals surface area contributed by atoms with Gasteiger partial charge in [-0.1, -0.05) is 0 Å². The second kappa shape index (κ2) is 8.07. The van der Waals surface area contributed by atoms with Crippen LogP contribution in [-0.2, 0) is 9.53 Å². The molecule has 3 amide bonds. The van der Waals surface area contributed by atoms with Gasteiger partial charge in [0.25, 0.3) is 5.91 Å². The number of aryl methyl sites for hydroxylation is 2. The van der Waals surface area contributed by atoms with Gasteiger partial charge < -0.3 is 14.6 Å². The van der Waals surface area contributed by atoms with Crippen molar-refractivity contribution in [3.8, 4) is 5.69 Å². The number of ether oxygens (including phenoxy) is 1. The Bertz CT molecular complexity index is 826. The van der Waals surface area contributed by atoms with E-state index in [2.05, 4.69) is 15.2 Å². The van der Waals surface area contributed by atoms with E-state index in [4.69, 9.17) is 4.74 Å². The summed E-state index contributed by atoms with van der Waals surface area (Å²) in [6.07, 6.45) is 0. The van der Waals surface area contributed by atoms with Crippen molar-refractivity contribution < 1.29 is 19.1 Å². The molecule has 0 aliphatic rings. The van der Waals surface area contributed by atoms with Crippen molar-refractivity contribution >= 4 is 17.9 Å². The van der Waals surface area contributed by atoms with E-state index in [9.17, 15) is 14.4 Å². The summed E-state index contributed by atoms with van der Waals surface area (Å²) in [5.74, 6) is -1.32. The van der Waals surface area contributed by atoms with Gasteiger partial charge in [0, 0.05) is 22.6 Å². The van der Waals surface area contributed by atoms with Gasteiger partial charge in [-0.2, -0.15) is 0 Å². The van der Waals surface area contributed by atoms with Crippen LogP contribution in [-0.4, -0.2) is 34.6 Å². The first-order chi connectivity index (χ1) is 12.6. The molecule has 1 heterocycles. The summed E-state index contributed by atoms with van der Waals surface area (Å²) in [6.45, 7) is 8.84. The van der Waals surface area contributed by atoms with Gasteiger partial charge >= 0.3 is 12.0 Å². The quantitative estimate of drug-likeness (QED) is 0.809. The second-order valence-corrected chi connectivity index (χ2v) is 7.33. The van der Waals surface area contributed by atoms with Gasteiger partial charge in [-0.3, -0.25) is 10.1 Å². The summed E-state index contributed by atoms with van der Waals surface area (Å²) in [4.78, 5) is 35.4. The van der Waals surface area contributed by atoms with E-state index in [0.717, 1.165) is 17.1 Å². The first-order valence-electron chi connectivity index (χ1n) is 8.61. The molecule has 0 fully saturated rings. The number of nitrogens with one attached hydrogen (secondary N) is 2. The summed E-state index contributed by atoms with van der Waals surface area (Å²) < 4.78 is 7.03. The predicted octanol–water partition coefficient (Wildman–Crippen LogP) is 2.88. The molecule has 0 saturated carbocycles. The van der Waals surface area contributed by atoms with Gasteiger partial charge in [-0.15, -0.1) is 0 Å². The first-order valence-corrected chi connectivity index (χ1v) is 8.61. The standard InChI is InChI=1S/C20H25N3O4/c1-13-6-7-14(2)23(13)16-10-8-15(9-11-16)18(25)27-12-17(24)21-19(26)22-20(3,4)5/h6-11H,12H2,1-5H3,(H2,21,22,24,26). The third kappa shape index (κ3) is 5.70. The highest BCUT2D eigenvalue weighted by molar-refractivity contribution is 5.97. The molecule has 0 bridgehead atoms. The fourth-order valence-electron chi connectivity index (χ4n) is 2.57. The smallest absolute Gasteiger partial charge is 0.338 e. The number of hydrogen-bond acceptors (Lipinski definition) is 4. The number of urea groups is 1. The third-order valence-electron chi connectivity index (χ3n) is 3.71. The molecular weight excluding hydrogens is 346 g/mol.